The van der Waals surface area contributed by atoms with Crippen molar-refractivity contribution in [3.05, 3.63) is 59.8 Å². The monoisotopic (exact) mass is 352 g/mol. The van der Waals surface area contributed by atoms with Crippen molar-refractivity contribution in [3.63, 3.8) is 0 Å². The molecule has 0 aliphatic carbocycles. The van der Waals surface area contributed by atoms with Gasteiger partial charge in [-0.25, -0.2) is 4.98 Å². The fraction of sp³-hybridized carbons (Fsp3) is 0.176. The normalized spacial score (nSPS) is 11.5. The van der Waals surface area contributed by atoms with Crippen LogP contribution in [0.3, 0.4) is 0 Å². The maximum atomic E-state index is 12.4. The molecule has 25 heavy (non-hydrogen) atoms. The van der Waals surface area contributed by atoms with Gasteiger partial charge in [0.05, 0.1) is 5.56 Å². The van der Waals surface area contributed by atoms with Gasteiger partial charge in [0.2, 0.25) is 5.91 Å². The molecule has 0 unspecified atom stereocenters. The van der Waals surface area contributed by atoms with Crippen LogP contribution in [0.25, 0.3) is 6.08 Å². The molecule has 0 aliphatic heterocycles. The zero-order chi connectivity index (χ0) is 18.3. The molecule has 0 atom stereocenters. The first-order chi connectivity index (χ1) is 11.9. The number of carbonyl (C=O) groups is 1. The van der Waals surface area contributed by atoms with Crippen molar-refractivity contribution >= 4 is 17.8 Å². The number of ether oxygens (including phenoxy) is 2. The van der Waals surface area contributed by atoms with E-state index in [4.69, 9.17) is 9.47 Å². The van der Waals surface area contributed by atoms with Crippen LogP contribution >= 0.6 is 0 Å². The number of rotatable bonds is 6. The molecule has 0 saturated heterocycles. The first-order valence-electron chi connectivity index (χ1n) is 7.12. The van der Waals surface area contributed by atoms with Gasteiger partial charge in [-0.15, -0.1) is 0 Å². The number of methoxy groups -OCH3 is 1. The number of aromatic nitrogens is 1. The zero-order valence-electron chi connectivity index (χ0n) is 13.2. The topological polar surface area (TPSA) is 60.5 Å². The predicted octanol–water partition coefficient (Wildman–Crippen LogP) is 3.74. The van der Waals surface area contributed by atoms with Gasteiger partial charge in [-0.1, -0.05) is 12.1 Å². The SMILES string of the molecule is COCOc1ccc(/C=C/C(=O)Nc2ccc(C(F)(F)F)cn2)cc1. The summed E-state index contributed by atoms with van der Waals surface area (Å²) in [5, 5.41) is 2.38. The third-order valence-electron chi connectivity index (χ3n) is 2.99. The average molecular weight is 352 g/mol. The average Bonchev–Trinajstić information content (AvgIpc) is 2.59. The lowest BCUT2D eigenvalue weighted by molar-refractivity contribution is -0.137. The van der Waals surface area contributed by atoms with Gasteiger partial charge in [0.1, 0.15) is 11.6 Å². The quantitative estimate of drug-likeness (QED) is 0.636. The van der Waals surface area contributed by atoms with Crippen molar-refractivity contribution in [2.75, 3.05) is 19.2 Å². The van der Waals surface area contributed by atoms with Crippen LogP contribution in [0, 0.1) is 0 Å². The molecule has 0 radical (unpaired) electrons. The second kappa shape index (κ2) is 8.29. The van der Waals surface area contributed by atoms with Gasteiger partial charge in [0.15, 0.2) is 6.79 Å². The number of nitrogens with one attached hydrogen (secondary N) is 1. The lowest BCUT2D eigenvalue weighted by atomic mass is 10.2. The lowest BCUT2D eigenvalue weighted by Gasteiger charge is -2.07. The summed E-state index contributed by atoms with van der Waals surface area (Å²) in [6.07, 6.45) is -0.990. The van der Waals surface area contributed by atoms with Gasteiger partial charge >= 0.3 is 6.18 Å². The maximum Gasteiger partial charge on any atom is 0.417 e. The molecule has 0 bridgehead atoms. The van der Waals surface area contributed by atoms with Crippen molar-refractivity contribution in [2.45, 2.75) is 6.18 Å². The summed E-state index contributed by atoms with van der Waals surface area (Å²) in [7, 11) is 1.52. The Bertz CT molecular complexity index is 726. The van der Waals surface area contributed by atoms with Crippen LogP contribution in [0.15, 0.2) is 48.7 Å². The molecule has 2 aromatic rings. The lowest BCUT2D eigenvalue weighted by Crippen LogP contribution is -2.11. The van der Waals surface area contributed by atoms with Crippen LogP contribution < -0.4 is 10.1 Å². The summed E-state index contributed by atoms with van der Waals surface area (Å²) in [4.78, 5) is 15.3. The molecular formula is C17H15F3N2O3. The van der Waals surface area contributed by atoms with E-state index in [1.54, 1.807) is 30.3 Å². The number of hydrogen-bond donors (Lipinski definition) is 1. The Labute approximate surface area is 142 Å². The number of amides is 1. The Morgan fingerprint density at radius 3 is 2.48 bits per heavy atom. The van der Waals surface area contributed by atoms with Crippen LogP contribution in [0.5, 0.6) is 5.75 Å². The second-order valence-electron chi connectivity index (χ2n) is 4.87. The van der Waals surface area contributed by atoms with Crippen molar-refractivity contribution < 1.29 is 27.4 Å². The Morgan fingerprint density at radius 2 is 1.92 bits per heavy atom. The molecule has 1 amide bonds. The molecule has 1 N–H and O–H groups in total. The summed E-state index contributed by atoms with van der Waals surface area (Å²) in [6, 6.07) is 8.86. The van der Waals surface area contributed by atoms with E-state index in [9.17, 15) is 18.0 Å². The van der Waals surface area contributed by atoms with E-state index in [0.717, 1.165) is 17.7 Å². The highest BCUT2D eigenvalue weighted by molar-refractivity contribution is 6.01. The maximum absolute atomic E-state index is 12.4. The minimum atomic E-state index is -4.46. The Kier molecular flexibility index (Phi) is 6.13. The van der Waals surface area contributed by atoms with Crippen LogP contribution in [-0.4, -0.2) is 24.8 Å². The van der Waals surface area contributed by atoms with Crippen molar-refractivity contribution in [3.8, 4) is 5.75 Å². The van der Waals surface area contributed by atoms with Crippen LogP contribution in [0.2, 0.25) is 0 Å². The zero-order valence-corrected chi connectivity index (χ0v) is 13.2. The Hall–Kier alpha value is -2.87. The van der Waals surface area contributed by atoms with Gasteiger partial charge in [0, 0.05) is 19.4 Å². The van der Waals surface area contributed by atoms with E-state index in [0.29, 0.717) is 11.9 Å². The number of halogens is 3. The molecule has 8 heteroatoms. The number of nitrogens with zero attached hydrogens (tertiary/aromatic N) is 1. The summed E-state index contributed by atoms with van der Waals surface area (Å²) in [6.45, 7) is 0.137. The fourth-order valence-corrected chi connectivity index (χ4v) is 1.78. The van der Waals surface area contributed by atoms with E-state index in [1.807, 2.05) is 0 Å². The molecule has 0 spiro atoms. The minimum Gasteiger partial charge on any atom is -0.468 e. The summed E-state index contributed by atoms with van der Waals surface area (Å²) >= 11 is 0. The largest absolute Gasteiger partial charge is 0.468 e. The van der Waals surface area contributed by atoms with E-state index in [1.165, 1.54) is 13.2 Å². The molecule has 2 rings (SSSR count). The standard InChI is InChI=1S/C17H15F3N2O3/c1-24-11-25-14-6-2-12(3-7-14)4-9-16(23)22-15-8-5-13(10-21-15)17(18,19)20/h2-10H,11H2,1H3,(H,21,22,23)/b9-4+. The highest BCUT2D eigenvalue weighted by atomic mass is 19.4. The van der Waals surface area contributed by atoms with E-state index in [-0.39, 0.29) is 12.6 Å². The van der Waals surface area contributed by atoms with Gasteiger partial charge in [-0.3, -0.25) is 4.79 Å². The number of hydrogen-bond acceptors (Lipinski definition) is 4. The number of anilines is 1. The van der Waals surface area contributed by atoms with Crippen molar-refractivity contribution in [1.29, 1.82) is 0 Å². The molecule has 1 aromatic carbocycles. The first kappa shape index (κ1) is 18.5. The molecule has 1 heterocycles. The molecule has 0 fully saturated rings. The third-order valence-corrected chi connectivity index (χ3v) is 2.99. The number of pyridine rings is 1. The highest BCUT2D eigenvalue weighted by Crippen LogP contribution is 2.28. The first-order valence-corrected chi connectivity index (χ1v) is 7.12. The Morgan fingerprint density at radius 1 is 1.20 bits per heavy atom. The number of benzene rings is 1. The van der Waals surface area contributed by atoms with Crippen molar-refractivity contribution in [1.82, 2.24) is 4.98 Å². The summed E-state index contributed by atoms with van der Waals surface area (Å²) in [5.74, 6) is 0.148. The summed E-state index contributed by atoms with van der Waals surface area (Å²) < 4.78 is 47.3. The van der Waals surface area contributed by atoms with Crippen LogP contribution in [-0.2, 0) is 15.7 Å². The van der Waals surface area contributed by atoms with E-state index in [2.05, 4.69) is 10.3 Å². The number of alkyl halides is 3. The molecule has 0 saturated carbocycles. The number of carbonyl (C=O) groups excluding carboxylic acids is 1. The van der Waals surface area contributed by atoms with Gasteiger partial charge < -0.3 is 14.8 Å². The molecule has 1 aromatic heterocycles. The molecule has 132 valence electrons. The molecular weight excluding hydrogens is 337 g/mol. The summed E-state index contributed by atoms with van der Waals surface area (Å²) in [5.41, 5.74) is -0.128. The third kappa shape index (κ3) is 5.92. The highest BCUT2D eigenvalue weighted by Gasteiger charge is 2.30. The van der Waals surface area contributed by atoms with Crippen LogP contribution in [0.1, 0.15) is 11.1 Å². The van der Waals surface area contributed by atoms with Gasteiger partial charge in [0.25, 0.3) is 0 Å². The molecule has 0 aliphatic rings. The minimum absolute atomic E-state index is 0.0333. The van der Waals surface area contributed by atoms with Crippen LogP contribution in [0.4, 0.5) is 19.0 Å². The Balaban J connectivity index is 1.92. The van der Waals surface area contributed by atoms with E-state index < -0.39 is 17.6 Å². The predicted molar refractivity (Wildman–Crippen MR) is 85.8 cm³/mol. The van der Waals surface area contributed by atoms with Gasteiger partial charge in [-0.05, 0) is 35.9 Å². The smallest absolute Gasteiger partial charge is 0.417 e. The second-order valence-corrected chi connectivity index (χ2v) is 4.87. The molecule has 5 nitrogen and oxygen atoms in total. The van der Waals surface area contributed by atoms with Gasteiger partial charge in [-0.2, -0.15) is 13.2 Å². The fourth-order valence-electron chi connectivity index (χ4n) is 1.78. The van der Waals surface area contributed by atoms with E-state index >= 15 is 0 Å². The van der Waals surface area contributed by atoms with Crippen molar-refractivity contribution in [2.24, 2.45) is 0 Å².